The molecule has 0 atom stereocenters. The first-order chi connectivity index (χ1) is 10.2. The number of benzene rings is 1. The minimum Gasteiger partial charge on any atom is -0.495 e. The Labute approximate surface area is 122 Å². The zero-order valence-electron chi connectivity index (χ0n) is 11.5. The lowest BCUT2D eigenvalue weighted by Gasteiger charge is -2.10. The van der Waals surface area contributed by atoms with Gasteiger partial charge in [0.1, 0.15) is 5.75 Å². The standard InChI is InChI=1S/C15H14N4O2/c1-21-14-6-10(8-16)2-3-13(14)19-15(20)11-4-5-18-12(7-11)9-17/h2-7H,9,17H2,1H3,(H,19,20). The number of amides is 1. The van der Waals surface area contributed by atoms with Crippen LogP contribution >= 0.6 is 0 Å². The van der Waals surface area contributed by atoms with Crippen molar-refractivity contribution in [2.75, 3.05) is 12.4 Å². The second kappa shape index (κ2) is 6.50. The third kappa shape index (κ3) is 3.35. The number of hydrogen-bond donors (Lipinski definition) is 2. The molecule has 0 aliphatic rings. The molecule has 1 heterocycles. The monoisotopic (exact) mass is 282 g/mol. The molecule has 1 amide bonds. The van der Waals surface area contributed by atoms with Crippen LogP contribution in [0.2, 0.25) is 0 Å². The third-order valence-corrected chi connectivity index (χ3v) is 2.87. The first-order valence-electron chi connectivity index (χ1n) is 6.22. The quantitative estimate of drug-likeness (QED) is 0.888. The Morgan fingerprint density at radius 3 is 2.90 bits per heavy atom. The number of aromatic nitrogens is 1. The summed E-state index contributed by atoms with van der Waals surface area (Å²) in [5, 5.41) is 11.6. The molecule has 0 aliphatic heterocycles. The number of anilines is 1. The molecule has 0 bridgehead atoms. The Balaban J connectivity index is 2.25. The Bertz CT molecular complexity index is 707. The van der Waals surface area contributed by atoms with Gasteiger partial charge in [-0.15, -0.1) is 0 Å². The van der Waals surface area contributed by atoms with E-state index in [0.717, 1.165) is 0 Å². The normalized spacial score (nSPS) is 9.76. The van der Waals surface area contributed by atoms with Crippen molar-refractivity contribution in [2.24, 2.45) is 5.73 Å². The van der Waals surface area contributed by atoms with Crippen molar-refractivity contribution in [1.29, 1.82) is 5.26 Å². The zero-order valence-corrected chi connectivity index (χ0v) is 11.5. The molecular weight excluding hydrogens is 268 g/mol. The Kier molecular flexibility index (Phi) is 4.49. The van der Waals surface area contributed by atoms with Crippen LogP contribution in [0.15, 0.2) is 36.5 Å². The number of ether oxygens (including phenoxy) is 1. The number of carbonyl (C=O) groups is 1. The molecular formula is C15H14N4O2. The molecule has 0 fully saturated rings. The van der Waals surface area contributed by atoms with Crippen molar-refractivity contribution in [3.05, 3.63) is 53.3 Å². The minimum absolute atomic E-state index is 0.265. The number of methoxy groups -OCH3 is 1. The summed E-state index contributed by atoms with van der Waals surface area (Å²) < 4.78 is 5.17. The fourth-order valence-corrected chi connectivity index (χ4v) is 1.79. The van der Waals surface area contributed by atoms with Crippen LogP contribution < -0.4 is 15.8 Å². The molecule has 106 valence electrons. The van der Waals surface area contributed by atoms with Crippen LogP contribution in [0.3, 0.4) is 0 Å². The van der Waals surface area contributed by atoms with Crippen molar-refractivity contribution >= 4 is 11.6 Å². The largest absolute Gasteiger partial charge is 0.495 e. The van der Waals surface area contributed by atoms with E-state index in [4.69, 9.17) is 15.7 Å². The molecule has 2 aromatic rings. The molecule has 0 unspecified atom stereocenters. The summed E-state index contributed by atoms with van der Waals surface area (Å²) in [5.74, 6) is 0.130. The number of hydrogen-bond acceptors (Lipinski definition) is 5. The maximum atomic E-state index is 12.2. The zero-order chi connectivity index (χ0) is 15.2. The minimum atomic E-state index is -0.296. The first-order valence-corrected chi connectivity index (χ1v) is 6.22. The van der Waals surface area contributed by atoms with Gasteiger partial charge in [-0.25, -0.2) is 0 Å². The molecule has 0 saturated heterocycles. The molecule has 6 heteroatoms. The lowest BCUT2D eigenvalue weighted by atomic mass is 10.1. The predicted molar refractivity (Wildman–Crippen MR) is 77.8 cm³/mol. The maximum absolute atomic E-state index is 12.2. The number of rotatable bonds is 4. The van der Waals surface area contributed by atoms with Crippen molar-refractivity contribution in [3.8, 4) is 11.8 Å². The highest BCUT2D eigenvalue weighted by molar-refractivity contribution is 6.05. The number of nitrogens with two attached hydrogens (primary N) is 1. The fourth-order valence-electron chi connectivity index (χ4n) is 1.79. The molecule has 1 aromatic heterocycles. The highest BCUT2D eigenvalue weighted by atomic mass is 16.5. The average Bonchev–Trinajstić information content (AvgIpc) is 2.55. The van der Waals surface area contributed by atoms with Gasteiger partial charge in [0.25, 0.3) is 5.91 Å². The predicted octanol–water partition coefficient (Wildman–Crippen LogP) is 1.67. The van der Waals surface area contributed by atoms with Crippen LogP contribution in [0.25, 0.3) is 0 Å². The van der Waals surface area contributed by atoms with E-state index in [0.29, 0.717) is 28.3 Å². The molecule has 6 nitrogen and oxygen atoms in total. The second-order valence-corrected chi connectivity index (χ2v) is 4.22. The van der Waals surface area contributed by atoms with Gasteiger partial charge in [-0.3, -0.25) is 9.78 Å². The number of pyridine rings is 1. The van der Waals surface area contributed by atoms with E-state index >= 15 is 0 Å². The van der Waals surface area contributed by atoms with Gasteiger partial charge in [-0.2, -0.15) is 5.26 Å². The van der Waals surface area contributed by atoms with Crippen LogP contribution in [-0.4, -0.2) is 18.0 Å². The molecule has 3 N–H and O–H groups in total. The van der Waals surface area contributed by atoms with E-state index in [2.05, 4.69) is 10.3 Å². The molecule has 1 aromatic carbocycles. The lowest BCUT2D eigenvalue weighted by molar-refractivity contribution is 0.102. The molecule has 0 radical (unpaired) electrons. The van der Waals surface area contributed by atoms with Crippen molar-refractivity contribution in [2.45, 2.75) is 6.54 Å². The van der Waals surface area contributed by atoms with E-state index in [1.165, 1.54) is 13.3 Å². The van der Waals surface area contributed by atoms with Crippen LogP contribution in [0.4, 0.5) is 5.69 Å². The van der Waals surface area contributed by atoms with E-state index in [9.17, 15) is 4.79 Å². The van der Waals surface area contributed by atoms with Gasteiger partial charge in [0.2, 0.25) is 0 Å². The van der Waals surface area contributed by atoms with Gasteiger partial charge in [0.05, 0.1) is 30.1 Å². The van der Waals surface area contributed by atoms with Gasteiger partial charge in [-0.05, 0) is 24.3 Å². The highest BCUT2D eigenvalue weighted by Crippen LogP contribution is 2.25. The van der Waals surface area contributed by atoms with Crippen molar-refractivity contribution in [3.63, 3.8) is 0 Å². The number of nitriles is 1. The second-order valence-electron chi connectivity index (χ2n) is 4.22. The summed E-state index contributed by atoms with van der Waals surface area (Å²) in [6, 6.07) is 10.0. The molecule has 21 heavy (non-hydrogen) atoms. The number of nitrogens with one attached hydrogen (secondary N) is 1. The lowest BCUT2D eigenvalue weighted by Crippen LogP contribution is -2.14. The molecule has 2 rings (SSSR count). The molecule has 0 spiro atoms. The fraction of sp³-hybridized carbons (Fsp3) is 0.133. The summed E-state index contributed by atoms with van der Waals surface area (Å²) >= 11 is 0. The summed E-state index contributed by atoms with van der Waals surface area (Å²) in [6.07, 6.45) is 1.53. The van der Waals surface area contributed by atoms with E-state index in [1.807, 2.05) is 6.07 Å². The van der Waals surface area contributed by atoms with E-state index in [-0.39, 0.29) is 12.5 Å². The highest BCUT2D eigenvalue weighted by Gasteiger charge is 2.11. The number of carbonyl (C=O) groups excluding carboxylic acids is 1. The van der Waals surface area contributed by atoms with Crippen LogP contribution in [0.1, 0.15) is 21.6 Å². The topological polar surface area (TPSA) is 101 Å². The Morgan fingerprint density at radius 2 is 2.24 bits per heavy atom. The van der Waals surface area contributed by atoms with Crippen LogP contribution in [0.5, 0.6) is 5.75 Å². The SMILES string of the molecule is COc1cc(C#N)ccc1NC(=O)c1ccnc(CN)c1. The Hall–Kier alpha value is -2.91. The summed E-state index contributed by atoms with van der Waals surface area (Å²) in [6.45, 7) is 0.265. The maximum Gasteiger partial charge on any atom is 0.255 e. The van der Waals surface area contributed by atoms with E-state index in [1.54, 1.807) is 30.3 Å². The molecule has 0 aliphatic carbocycles. The van der Waals surface area contributed by atoms with Crippen LogP contribution in [-0.2, 0) is 6.54 Å². The first kappa shape index (κ1) is 14.5. The summed E-state index contributed by atoms with van der Waals surface area (Å²) in [5.41, 5.74) is 7.54. The van der Waals surface area contributed by atoms with Gasteiger partial charge in [-0.1, -0.05) is 0 Å². The van der Waals surface area contributed by atoms with Crippen LogP contribution in [0, 0.1) is 11.3 Å². The summed E-state index contributed by atoms with van der Waals surface area (Å²) in [7, 11) is 1.48. The summed E-state index contributed by atoms with van der Waals surface area (Å²) in [4.78, 5) is 16.2. The van der Waals surface area contributed by atoms with Crippen molar-refractivity contribution in [1.82, 2.24) is 4.98 Å². The van der Waals surface area contributed by atoms with Gasteiger partial charge in [0, 0.05) is 24.4 Å². The van der Waals surface area contributed by atoms with Gasteiger partial charge >= 0.3 is 0 Å². The van der Waals surface area contributed by atoms with Gasteiger partial charge in [0.15, 0.2) is 0 Å². The Morgan fingerprint density at radius 1 is 1.43 bits per heavy atom. The molecule has 0 saturated carbocycles. The van der Waals surface area contributed by atoms with Gasteiger partial charge < -0.3 is 15.8 Å². The van der Waals surface area contributed by atoms with Crippen molar-refractivity contribution < 1.29 is 9.53 Å². The van der Waals surface area contributed by atoms with E-state index < -0.39 is 0 Å². The smallest absolute Gasteiger partial charge is 0.255 e. The average molecular weight is 282 g/mol. The third-order valence-electron chi connectivity index (χ3n) is 2.87. The number of nitrogens with zero attached hydrogens (tertiary/aromatic N) is 2.